The van der Waals surface area contributed by atoms with Crippen LogP contribution in [0.5, 0.6) is 0 Å². The summed E-state index contributed by atoms with van der Waals surface area (Å²) in [6, 6.07) is 7.02. The first-order valence-corrected chi connectivity index (χ1v) is 6.89. The fraction of sp³-hybridized carbons (Fsp3) is 0.467. The van der Waals surface area contributed by atoms with Crippen LogP contribution in [-0.2, 0) is 11.3 Å². The summed E-state index contributed by atoms with van der Waals surface area (Å²) in [4.78, 5) is 23.4. The van der Waals surface area contributed by atoms with Gasteiger partial charge in [0, 0.05) is 18.7 Å². The average Bonchev–Trinajstić information content (AvgIpc) is 2.45. The van der Waals surface area contributed by atoms with E-state index in [0.717, 1.165) is 24.9 Å². The highest BCUT2D eigenvalue weighted by atomic mass is 16.2. The quantitative estimate of drug-likeness (QED) is 0.759. The average molecular weight is 275 g/mol. The van der Waals surface area contributed by atoms with Gasteiger partial charge in [0.2, 0.25) is 11.8 Å². The highest BCUT2D eigenvalue weighted by molar-refractivity contribution is 5.92. The second-order valence-electron chi connectivity index (χ2n) is 5.59. The summed E-state index contributed by atoms with van der Waals surface area (Å²) in [7, 11) is 0. The maximum Gasteiger partial charge on any atom is 0.248 e. The molecule has 1 aliphatic rings. The van der Waals surface area contributed by atoms with E-state index in [9.17, 15) is 9.59 Å². The molecule has 0 spiro atoms. The predicted molar refractivity (Wildman–Crippen MR) is 77.0 cm³/mol. The van der Waals surface area contributed by atoms with Crippen molar-refractivity contribution < 1.29 is 9.59 Å². The topological polar surface area (TPSA) is 84.2 Å². The minimum absolute atomic E-state index is 0.0502. The minimum atomic E-state index is -0.457. The molecule has 1 aromatic rings. The van der Waals surface area contributed by atoms with Gasteiger partial charge in [-0.05, 0) is 44.0 Å². The van der Waals surface area contributed by atoms with Gasteiger partial charge in [-0.2, -0.15) is 0 Å². The van der Waals surface area contributed by atoms with Crippen molar-refractivity contribution in [1.29, 1.82) is 0 Å². The van der Waals surface area contributed by atoms with Gasteiger partial charge in [-0.25, -0.2) is 0 Å². The number of carbonyl (C=O) groups excluding carboxylic acids is 2. The van der Waals surface area contributed by atoms with Gasteiger partial charge < -0.3 is 16.4 Å². The van der Waals surface area contributed by atoms with Gasteiger partial charge in [0.1, 0.15) is 0 Å². The van der Waals surface area contributed by atoms with E-state index in [1.54, 1.807) is 18.2 Å². The summed E-state index contributed by atoms with van der Waals surface area (Å²) in [6.45, 7) is 4.08. The van der Waals surface area contributed by atoms with Crippen molar-refractivity contribution in [2.75, 3.05) is 13.1 Å². The van der Waals surface area contributed by atoms with E-state index in [1.165, 1.54) is 0 Å². The first-order valence-electron chi connectivity index (χ1n) is 6.89. The molecule has 1 aromatic carbocycles. The largest absolute Gasteiger partial charge is 0.366 e. The molecule has 5 nitrogen and oxygen atoms in total. The summed E-state index contributed by atoms with van der Waals surface area (Å²) in [6.07, 6.45) is 1.91. The fourth-order valence-corrected chi connectivity index (χ4v) is 2.48. The van der Waals surface area contributed by atoms with Gasteiger partial charge in [0.05, 0.1) is 5.41 Å². The van der Waals surface area contributed by atoms with E-state index < -0.39 is 5.91 Å². The molecular formula is C15H21N3O2. The summed E-state index contributed by atoms with van der Waals surface area (Å²) in [5.74, 6) is -0.407. The normalized spacial score (nSPS) is 22.2. The molecule has 1 heterocycles. The van der Waals surface area contributed by atoms with Crippen molar-refractivity contribution in [3.63, 3.8) is 0 Å². The number of carbonyl (C=O) groups is 2. The van der Waals surface area contributed by atoms with Crippen molar-refractivity contribution in [2.45, 2.75) is 26.3 Å². The Labute approximate surface area is 118 Å². The maximum atomic E-state index is 12.3. The van der Waals surface area contributed by atoms with E-state index >= 15 is 0 Å². The number of amides is 2. The van der Waals surface area contributed by atoms with E-state index in [1.807, 2.05) is 13.0 Å². The molecule has 0 aliphatic carbocycles. The van der Waals surface area contributed by atoms with Crippen LogP contribution in [0.1, 0.15) is 35.7 Å². The zero-order valence-corrected chi connectivity index (χ0v) is 11.7. The lowest BCUT2D eigenvalue weighted by Crippen LogP contribution is -2.48. The zero-order chi connectivity index (χ0) is 14.6. The van der Waals surface area contributed by atoms with Crippen LogP contribution in [0, 0.1) is 5.41 Å². The molecule has 1 saturated heterocycles. The van der Waals surface area contributed by atoms with Gasteiger partial charge in [-0.1, -0.05) is 12.1 Å². The van der Waals surface area contributed by atoms with Crippen LogP contribution >= 0.6 is 0 Å². The number of primary amides is 1. The Kier molecular flexibility index (Phi) is 4.39. The summed E-state index contributed by atoms with van der Waals surface area (Å²) < 4.78 is 0. The zero-order valence-electron chi connectivity index (χ0n) is 11.7. The number of hydrogen-bond donors (Lipinski definition) is 3. The van der Waals surface area contributed by atoms with Crippen molar-refractivity contribution in [2.24, 2.45) is 11.1 Å². The highest BCUT2D eigenvalue weighted by Gasteiger charge is 2.34. The van der Waals surface area contributed by atoms with E-state index in [2.05, 4.69) is 10.6 Å². The van der Waals surface area contributed by atoms with Crippen molar-refractivity contribution in [1.82, 2.24) is 10.6 Å². The van der Waals surface area contributed by atoms with Crippen molar-refractivity contribution >= 4 is 11.8 Å². The van der Waals surface area contributed by atoms with E-state index in [-0.39, 0.29) is 11.3 Å². The molecule has 0 bridgehead atoms. The summed E-state index contributed by atoms with van der Waals surface area (Å²) in [5, 5.41) is 6.20. The fourth-order valence-electron chi connectivity index (χ4n) is 2.48. The lowest BCUT2D eigenvalue weighted by molar-refractivity contribution is -0.131. The van der Waals surface area contributed by atoms with Crippen LogP contribution in [0.4, 0.5) is 0 Å². The molecule has 0 aromatic heterocycles. The monoisotopic (exact) mass is 275 g/mol. The second-order valence-corrected chi connectivity index (χ2v) is 5.59. The lowest BCUT2D eigenvalue weighted by Gasteiger charge is -2.32. The van der Waals surface area contributed by atoms with Crippen LogP contribution in [0.2, 0.25) is 0 Å². The smallest absolute Gasteiger partial charge is 0.248 e. The van der Waals surface area contributed by atoms with Crippen LogP contribution in [0.3, 0.4) is 0 Å². The van der Waals surface area contributed by atoms with Crippen molar-refractivity contribution in [3.05, 3.63) is 35.4 Å². The first-order chi connectivity index (χ1) is 9.51. The second kappa shape index (κ2) is 6.05. The summed E-state index contributed by atoms with van der Waals surface area (Å²) in [5.41, 5.74) is 6.23. The summed E-state index contributed by atoms with van der Waals surface area (Å²) >= 11 is 0. The Morgan fingerprint density at radius 1 is 1.45 bits per heavy atom. The van der Waals surface area contributed by atoms with Gasteiger partial charge in [0.25, 0.3) is 0 Å². The van der Waals surface area contributed by atoms with Crippen LogP contribution < -0.4 is 16.4 Å². The molecule has 0 saturated carbocycles. The Morgan fingerprint density at radius 3 is 2.90 bits per heavy atom. The number of hydrogen-bond acceptors (Lipinski definition) is 3. The van der Waals surface area contributed by atoms with Crippen LogP contribution in [-0.4, -0.2) is 24.9 Å². The number of piperidine rings is 1. The maximum absolute atomic E-state index is 12.3. The molecule has 1 unspecified atom stereocenters. The molecule has 5 heteroatoms. The number of nitrogens with two attached hydrogens (primary N) is 1. The van der Waals surface area contributed by atoms with Gasteiger partial charge in [0.15, 0.2) is 0 Å². The van der Waals surface area contributed by atoms with E-state index in [4.69, 9.17) is 5.73 Å². The van der Waals surface area contributed by atoms with Crippen molar-refractivity contribution in [3.8, 4) is 0 Å². The van der Waals surface area contributed by atoms with Gasteiger partial charge >= 0.3 is 0 Å². The van der Waals surface area contributed by atoms with Gasteiger partial charge in [-0.15, -0.1) is 0 Å². The molecule has 1 aliphatic heterocycles. The SMILES string of the molecule is CC1(C(=O)NCc2cccc(C(N)=O)c2)CCCNC1. The lowest BCUT2D eigenvalue weighted by atomic mass is 9.82. The standard InChI is InChI=1S/C15H21N3O2/c1-15(6-3-7-17-10-15)14(20)18-9-11-4-2-5-12(8-11)13(16)19/h2,4-5,8,17H,3,6-7,9-10H2,1H3,(H2,16,19)(H,18,20). The first kappa shape index (κ1) is 14.5. The molecule has 2 rings (SSSR count). The predicted octanol–water partition coefficient (Wildman–Crippen LogP) is 0.791. The molecule has 108 valence electrons. The Hall–Kier alpha value is -1.88. The molecule has 2 amide bonds. The van der Waals surface area contributed by atoms with Gasteiger partial charge in [-0.3, -0.25) is 9.59 Å². The number of rotatable bonds is 4. The molecule has 0 radical (unpaired) electrons. The molecule has 1 fully saturated rings. The third-order valence-electron chi connectivity index (χ3n) is 3.81. The Bertz CT molecular complexity index is 508. The molecule has 1 atom stereocenters. The number of benzene rings is 1. The molecule has 20 heavy (non-hydrogen) atoms. The minimum Gasteiger partial charge on any atom is -0.366 e. The molecule has 4 N–H and O–H groups in total. The van der Waals surface area contributed by atoms with E-state index in [0.29, 0.717) is 18.7 Å². The van der Waals surface area contributed by atoms with Crippen LogP contribution in [0.25, 0.3) is 0 Å². The van der Waals surface area contributed by atoms with Crippen LogP contribution in [0.15, 0.2) is 24.3 Å². The highest BCUT2D eigenvalue weighted by Crippen LogP contribution is 2.25. The Balaban J connectivity index is 1.96. The third-order valence-corrected chi connectivity index (χ3v) is 3.81. The Morgan fingerprint density at radius 2 is 2.25 bits per heavy atom. The third kappa shape index (κ3) is 3.36. The molecular weight excluding hydrogens is 254 g/mol. The number of nitrogens with one attached hydrogen (secondary N) is 2.